The highest BCUT2D eigenvalue weighted by Crippen LogP contribution is 2.44. The fourth-order valence-electron chi connectivity index (χ4n) is 6.31. The van der Waals surface area contributed by atoms with Crippen LogP contribution >= 0.6 is 0 Å². The number of fused-ring (bicyclic) bond motifs is 3. The minimum atomic E-state index is 0.447. The molecule has 1 amide bonds. The number of anilines is 1. The molecule has 0 spiro atoms. The van der Waals surface area contributed by atoms with E-state index in [1.807, 2.05) is 36.5 Å². The summed E-state index contributed by atoms with van der Waals surface area (Å²) in [4.78, 5) is 22.8. The van der Waals surface area contributed by atoms with E-state index in [1.165, 1.54) is 18.5 Å². The number of benzene rings is 1. The van der Waals surface area contributed by atoms with E-state index in [1.54, 1.807) is 19.5 Å². The molecule has 2 fully saturated rings. The molecule has 2 saturated heterocycles. The Kier molecular flexibility index (Phi) is 5.89. The molecule has 5 heterocycles. The minimum Gasteiger partial charge on any atom is -0.495 e. The van der Waals surface area contributed by atoms with E-state index in [9.17, 15) is 4.79 Å². The van der Waals surface area contributed by atoms with Crippen molar-refractivity contribution < 1.29 is 9.53 Å². The summed E-state index contributed by atoms with van der Waals surface area (Å²) in [5.74, 6) is 1.03. The predicted octanol–water partition coefficient (Wildman–Crippen LogP) is 4.77. The Morgan fingerprint density at radius 2 is 1.83 bits per heavy atom. The van der Waals surface area contributed by atoms with Crippen molar-refractivity contribution in [2.45, 2.75) is 50.6 Å². The zero-order valence-electron chi connectivity index (χ0n) is 20.6. The van der Waals surface area contributed by atoms with Crippen molar-refractivity contribution in [3.63, 3.8) is 0 Å². The molecule has 8 heteroatoms. The lowest BCUT2D eigenvalue weighted by molar-refractivity contribution is -0.105. The SMILES string of the molecule is CCN1C2CCC1CC(c1ccnc3c(-c4ccc(NC=O)c(OC)c4)c(-c4ccncc4)nn13)C2. The van der Waals surface area contributed by atoms with Gasteiger partial charge in [0.15, 0.2) is 5.65 Å². The van der Waals surface area contributed by atoms with Crippen LogP contribution in [0.3, 0.4) is 0 Å². The van der Waals surface area contributed by atoms with Crippen LogP contribution in [0.2, 0.25) is 0 Å². The minimum absolute atomic E-state index is 0.447. The van der Waals surface area contributed by atoms with Gasteiger partial charge in [-0.25, -0.2) is 9.50 Å². The van der Waals surface area contributed by atoms with Gasteiger partial charge in [-0.2, -0.15) is 5.10 Å². The van der Waals surface area contributed by atoms with Gasteiger partial charge in [0.1, 0.15) is 11.4 Å². The average molecular weight is 483 g/mol. The highest BCUT2D eigenvalue weighted by atomic mass is 16.5. The maximum atomic E-state index is 11.0. The molecular weight excluding hydrogens is 452 g/mol. The van der Waals surface area contributed by atoms with E-state index < -0.39 is 0 Å². The molecular formula is C28H30N6O2. The zero-order valence-corrected chi connectivity index (χ0v) is 20.6. The first-order valence-corrected chi connectivity index (χ1v) is 12.6. The van der Waals surface area contributed by atoms with Crippen LogP contribution in [0.5, 0.6) is 5.75 Å². The summed E-state index contributed by atoms with van der Waals surface area (Å²) < 4.78 is 7.64. The van der Waals surface area contributed by atoms with Gasteiger partial charge in [-0.3, -0.25) is 14.7 Å². The molecule has 2 atom stereocenters. The molecule has 8 nitrogen and oxygen atoms in total. The largest absolute Gasteiger partial charge is 0.495 e. The first kappa shape index (κ1) is 22.7. The smallest absolute Gasteiger partial charge is 0.211 e. The van der Waals surface area contributed by atoms with Gasteiger partial charge in [0.2, 0.25) is 6.41 Å². The van der Waals surface area contributed by atoms with Crippen molar-refractivity contribution >= 4 is 17.7 Å². The molecule has 3 aromatic heterocycles. The summed E-state index contributed by atoms with van der Waals surface area (Å²) in [6.07, 6.45) is 11.0. The molecule has 2 bridgehead atoms. The molecule has 184 valence electrons. The average Bonchev–Trinajstić information content (AvgIpc) is 3.43. The predicted molar refractivity (Wildman–Crippen MR) is 139 cm³/mol. The lowest BCUT2D eigenvalue weighted by Crippen LogP contribution is -2.42. The third-order valence-electron chi connectivity index (χ3n) is 7.87. The Morgan fingerprint density at radius 1 is 1.06 bits per heavy atom. The summed E-state index contributed by atoms with van der Waals surface area (Å²) in [5.41, 5.74) is 6.35. The number of amides is 1. The molecule has 2 aliphatic rings. The van der Waals surface area contributed by atoms with E-state index in [4.69, 9.17) is 14.8 Å². The molecule has 1 aromatic carbocycles. The molecule has 36 heavy (non-hydrogen) atoms. The molecule has 0 saturated carbocycles. The molecule has 0 radical (unpaired) electrons. The van der Waals surface area contributed by atoms with Gasteiger partial charge in [0.05, 0.1) is 18.4 Å². The maximum Gasteiger partial charge on any atom is 0.211 e. The number of nitrogens with zero attached hydrogens (tertiary/aromatic N) is 5. The third kappa shape index (κ3) is 3.73. The number of ether oxygens (including phenoxy) is 1. The second-order valence-electron chi connectivity index (χ2n) is 9.63. The van der Waals surface area contributed by atoms with E-state index in [0.29, 0.717) is 35.8 Å². The Hall–Kier alpha value is -3.78. The first-order valence-electron chi connectivity index (χ1n) is 12.6. The van der Waals surface area contributed by atoms with Crippen LogP contribution in [-0.4, -0.2) is 56.6 Å². The van der Waals surface area contributed by atoms with Gasteiger partial charge < -0.3 is 10.1 Å². The number of carbonyl (C=O) groups excluding carboxylic acids is 1. The van der Waals surface area contributed by atoms with Gasteiger partial charge >= 0.3 is 0 Å². The Balaban J connectivity index is 1.52. The van der Waals surface area contributed by atoms with E-state index in [-0.39, 0.29) is 0 Å². The van der Waals surface area contributed by atoms with Crippen molar-refractivity contribution in [1.82, 2.24) is 24.5 Å². The van der Waals surface area contributed by atoms with Crippen LogP contribution in [0, 0.1) is 0 Å². The van der Waals surface area contributed by atoms with Crippen molar-refractivity contribution in [3.8, 4) is 28.1 Å². The number of hydrogen-bond donors (Lipinski definition) is 1. The quantitative estimate of drug-likeness (QED) is 0.382. The number of rotatable bonds is 7. The normalized spacial score (nSPS) is 21.6. The lowest BCUT2D eigenvalue weighted by atomic mass is 9.88. The van der Waals surface area contributed by atoms with E-state index >= 15 is 0 Å². The number of hydrogen-bond acceptors (Lipinski definition) is 6. The Bertz CT molecular complexity index is 1390. The summed E-state index contributed by atoms with van der Waals surface area (Å²) in [6.45, 7) is 3.41. The van der Waals surface area contributed by atoms with Crippen LogP contribution in [0.15, 0.2) is 55.0 Å². The number of carbonyl (C=O) groups is 1. The fraction of sp³-hybridized carbons (Fsp3) is 0.357. The van der Waals surface area contributed by atoms with Crippen LogP contribution in [0.1, 0.15) is 44.2 Å². The highest BCUT2D eigenvalue weighted by molar-refractivity contribution is 5.92. The lowest BCUT2D eigenvalue weighted by Gasteiger charge is -2.38. The number of methoxy groups -OCH3 is 1. The molecule has 6 rings (SSSR count). The number of piperidine rings is 1. The van der Waals surface area contributed by atoms with Crippen molar-refractivity contribution in [2.75, 3.05) is 19.0 Å². The highest BCUT2D eigenvalue weighted by Gasteiger charge is 2.41. The number of aromatic nitrogens is 4. The van der Waals surface area contributed by atoms with Crippen LogP contribution in [-0.2, 0) is 4.79 Å². The Morgan fingerprint density at radius 3 is 2.53 bits per heavy atom. The topological polar surface area (TPSA) is 84.7 Å². The van der Waals surface area contributed by atoms with Gasteiger partial charge in [-0.05, 0) is 68.1 Å². The molecule has 4 aromatic rings. The van der Waals surface area contributed by atoms with Crippen molar-refractivity contribution in [1.29, 1.82) is 0 Å². The van der Waals surface area contributed by atoms with E-state index in [0.717, 1.165) is 47.4 Å². The van der Waals surface area contributed by atoms with Gasteiger partial charge in [-0.1, -0.05) is 13.0 Å². The summed E-state index contributed by atoms with van der Waals surface area (Å²) >= 11 is 0. The van der Waals surface area contributed by atoms with E-state index in [2.05, 4.69) is 32.7 Å². The van der Waals surface area contributed by atoms with Gasteiger partial charge in [0, 0.05) is 47.8 Å². The van der Waals surface area contributed by atoms with Crippen molar-refractivity contribution in [2.24, 2.45) is 0 Å². The van der Waals surface area contributed by atoms with Crippen LogP contribution < -0.4 is 10.1 Å². The van der Waals surface area contributed by atoms with Gasteiger partial charge in [0.25, 0.3) is 0 Å². The third-order valence-corrected chi connectivity index (χ3v) is 7.87. The molecule has 2 unspecified atom stereocenters. The van der Waals surface area contributed by atoms with Crippen molar-refractivity contribution in [3.05, 3.63) is 60.7 Å². The number of pyridine rings is 1. The Labute approximate surface area is 210 Å². The number of nitrogens with one attached hydrogen (secondary N) is 1. The summed E-state index contributed by atoms with van der Waals surface area (Å²) in [6, 6.07) is 13.2. The summed E-state index contributed by atoms with van der Waals surface area (Å²) in [7, 11) is 1.60. The zero-order chi connectivity index (χ0) is 24.6. The summed E-state index contributed by atoms with van der Waals surface area (Å²) in [5, 5.41) is 7.86. The fourth-order valence-corrected chi connectivity index (χ4v) is 6.31. The van der Waals surface area contributed by atoms with Gasteiger partial charge in [-0.15, -0.1) is 0 Å². The van der Waals surface area contributed by atoms with Crippen LogP contribution in [0.4, 0.5) is 5.69 Å². The second-order valence-corrected chi connectivity index (χ2v) is 9.63. The maximum absolute atomic E-state index is 11.0. The molecule has 0 aliphatic carbocycles. The first-order chi connectivity index (χ1) is 17.7. The molecule has 2 aliphatic heterocycles. The molecule has 1 N–H and O–H groups in total. The monoisotopic (exact) mass is 482 g/mol. The standard InChI is InChI=1S/C28H30N6O2/c1-3-33-21-5-6-22(33)15-20(14-21)24-10-13-30-28-26(19-4-7-23(31-17-35)25(16-19)36-2)27(32-34(24)28)18-8-11-29-12-9-18/h4,7-13,16-17,20-22H,3,5-6,14-15H2,1-2H3,(H,31,35). The van der Waals surface area contributed by atoms with Crippen LogP contribution in [0.25, 0.3) is 28.0 Å². The second kappa shape index (κ2) is 9.35.